The molecule has 1 amide bonds. The van der Waals surface area contributed by atoms with Gasteiger partial charge in [-0.05, 0) is 40.2 Å². The van der Waals surface area contributed by atoms with Gasteiger partial charge in [0.1, 0.15) is 5.54 Å². The van der Waals surface area contributed by atoms with Gasteiger partial charge in [0, 0.05) is 6.42 Å². The van der Waals surface area contributed by atoms with E-state index in [2.05, 4.69) is 5.32 Å². The Morgan fingerprint density at radius 2 is 1.94 bits per heavy atom. The predicted octanol–water partition coefficient (Wildman–Crippen LogP) is 0.573. The van der Waals surface area contributed by atoms with Crippen molar-refractivity contribution in [3.05, 3.63) is 0 Å². The lowest BCUT2D eigenvalue weighted by molar-refractivity contribution is -0.149. The highest BCUT2D eigenvalue weighted by molar-refractivity contribution is 5.79. The molecule has 0 atom stereocenters. The van der Waals surface area contributed by atoms with Crippen LogP contribution in [-0.2, 0) is 14.3 Å². The number of nitrogens with two attached hydrogens (primary N) is 1. The molecule has 0 aromatic carbocycles. The molecule has 0 fully saturated rings. The van der Waals surface area contributed by atoms with Crippen molar-refractivity contribution < 1.29 is 14.3 Å². The van der Waals surface area contributed by atoms with E-state index in [-0.39, 0.29) is 11.9 Å². The fraction of sp³-hybridized carbons (Fsp3) is 0.818. The van der Waals surface area contributed by atoms with Gasteiger partial charge in [0.15, 0.2) is 0 Å². The van der Waals surface area contributed by atoms with Crippen LogP contribution in [0.25, 0.3) is 0 Å². The molecule has 0 rings (SSSR count). The third-order valence-corrected chi connectivity index (χ3v) is 2.20. The van der Waals surface area contributed by atoms with Crippen LogP contribution < -0.4 is 11.1 Å². The molecule has 0 aromatic rings. The highest BCUT2D eigenvalue weighted by Crippen LogP contribution is 2.05. The van der Waals surface area contributed by atoms with Crippen LogP contribution in [0.4, 0.5) is 0 Å². The van der Waals surface area contributed by atoms with Crippen LogP contribution in [0.2, 0.25) is 0 Å². The van der Waals surface area contributed by atoms with E-state index in [1.165, 1.54) is 0 Å². The summed E-state index contributed by atoms with van der Waals surface area (Å²) in [6, 6.07) is 0. The van der Waals surface area contributed by atoms with Crippen LogP contribution in [0.5, 0.6) is 0 Å². The van der Waals surface area contributed by atoms with Gasteiger partial charge in [0.25, 0.3) is 0 Å². The summed E-state index contributed by atoms with van der Waals surface area (Å²) in [4.78, 5) is 22.0. The van der Waals surface area contributed by atoms with Gasteiger partial charge in [-0.1, -0.05) is 0 Å². The van der Waals surface area contributed by atoms with E-state index in [4.69, 9.17) is 10.5 Å². The van der Waals surface area contributed by atoms with E-state index in [0.29, 0.717) is 19.6 Å². The molecular weight excluding hydrogens is 208 g/mol. The van der Waals surface area contributed by atoms with Crippen molar-refractivity contribution in [2.45, 2.75) is 45.6 Å². The zero-order valence-corrected chi connectivity index (χ0v) is 10.3. The molecule has 0 saturated heterocycles. The van der Waals surface area contributed by atoms with Crippen molar-refractivity contribution in [3.8, 4) is 0 Å². The number of nitrogens with one attached hydrogen (secondary N) is 1. The molecule has 5 nitrogen and oxygen atoms in total. The van der Waals surface area contributed by atoms with Gasteiger partial charge in [0.2, 0.25) is 5.91 Å². The second-order valence-electron chi connectivity index (χ2n) is 4.20. The molecule has 5 heteroatoms. The SMILES string of the molecule is CCOC(=O)C(C)(C)NCCCCC(N)=O. The minimum Gasteiger partial charge on any atom is -0.465 e. The second kappa shape index (κ2) is 7.22. The van der Waals surface area contributed by atoms with Crippen LogP contribution in [0.3, 0.4) is 0 Å². The molecule has 0 radical (unpaired) electrons. The Hall–Kier alpha value is -1.10. The number of carbonyl (C=O) groups excluding carboxylic acids is 2. The first-order valence-electron chi connectivity index (χ1n) is 5.60. The molecule has 16 heavy (non-hydrogen) atoms. The van der Waals surface area contributed by atoms with E-state index in [1.807, 2.05) is 0 Å². The zero-order chi connectivity index (χ0) is 12.6. The van der Waals surface area contributed by atoms with Gasteiger partial charge in [-0.25, -0.2) is 0 Å². The average Bonchev–Trinajstić information content (AvgIpc) is 2.17. The molecule has 0 aromatic heterocycles. The summed E-state index contributed by atoms with van der Waals surface area (Å²) in [5.41, 5.74) is 4.34. The molecule has 0 bridgehead atoms. The molecule has 0 heterocycles. The highest BCUT2D eigenvalue weighted by atomic mass is 16.5. The van der Waals surface area contributed by atoms with Crippen molar-refractivity contribution in [2.75, 3.05) is 13.2 Å². The van der Waals surface area contributed by atoms with E-state index in [0.717, 1.165) is 12.8 Å². The van der Waals surface area contributed by atoms with Gasteiger partial charge < -0.3 is 15.8 Å². The number of primary amides is 1. The summed E-state index contributed by atoms with van der Waals surface area (Å²) in [6.45, 7) is 6.38. The average molecular weight is 230 g/mol. The Bertz CT molecular complexity index is 239. The van der Waals surface area contributed by atoms with Crippen LogP contribution in [0.1, 0.15) is 40.0 Å². The fourth-order valence-electron chi connectivity index (χ4n) is 1.21. The van der Waals surface area contributed by atoms with Crippen molar-refractivity contribution >= 4 is 11.9 Å². The molecule has 94 valence electrons. The molecule has 0 aliphatic rings. The maximum Gasteiger partial charge on any atom is 0.325 e. The maximum absolute atomic E-state index is 11.5. The summed E-state index contributed by atoms with van der Waals surface area (Å²) < 4.78 is 4.93. The minimum absolute atomic E-state index is 0.259. The van der Waals surface area contributed by atoms with Crippen molar-refractivity contribution in [1.82, 2.24) is 5.32 Å². The first-order chi connectivity index (χ1) is 7.40. The summed E-state index contributed by atoms with van der Waals surface area (Å²) in [6.07, 6.45) is 1.94. The summed E-state index contributed by atoms with van der Waals surface area (Å²) in [5.74, 6) is -0.547. The van der Waals surface area contributed by atoms with Crippen molar-refractivity contribution in [2.24, 2.45) is 5.73 Å². The van der Waals surface area contributed by atoms with Crippen LogP contribution in [-0.4, -0.2) is 30.6 Å². The molecule has 0 saturated carbocycles. The largest absolute Gasteiger partial charge is 0.465 e. The first kappa shape index (κ1) is 14.9. The molecular formula is C11H22N2O3. The highest BCUT2D eigenvalue weighted by Gasteiger charge is 2.27. The number of carbonyl (C=O) groups is 2. The molecule has 0 aliphatic carbocycles. The smallest absolute Gasteiger partial charge is 0.325 e. The van der Waals surface area contributed by atoms with E-state index >= 15 is 0 Å². The van der Waals surface area contributed by atoms with Gasteiger partial charge in [-0.3, -0.25) is 9.59 Å². The number of hydrogen-bond acceptors (Lipinski definition) is 4. The van der Waals surface area contributed by atoms with Crippen LogP contribution in [0, 0.1) is 0 Å². The topological polar surface area (TPSA) is 81.4 Å². The Labute approximate surface area is 96.7 Å². The number of amides is 1. The molecule has 0 aliphatic heterocycles. The Morgan fingerprint density at radius 3 is 2.44 bits per heavy atom. The lowest BCUT2D eigenvalue weighted by Gasteiger charge is -2.23. The van der Waals surface area contributed by atoms with E-state index in [9.17, 15) is 9.59 Å². The monoisotopic (exact) mass is 230 g/mol. The fourth-order valence-corrected chi connectivity index (χ4v) is 1.21. The summed E-state index contributed by atoms with van der Waals surface area (Å²) in [7, 11) is 0. The van der Waals surface area contributed by atoms with Gasteiger partial charge in [0.05, 0.1) is 6.61 Å². The van der Waals surface area contributed by atoms with Crippen molar-refractivity contribution in [3.63, 3.8) is 0 Å². The quantitative estimate of drug-likeness (QED) is 0.472. The number of unbranched alkanes of at least 4 members (excludes halogenated alkanes) is 1. The second-order valence-corrected chi connectivity index (χ2v) is 4.20. The van der Waals surface area contributed by atoms with Gasteiger partial charge in [-0.15, -0.1) is 0 Å². The van der Waals surface area contributed by atoms with Gasteiger partial charge >= 0.3 is 5.97 Å². The Kier molecular flexibility index (Phi) is 6.72. The lowest BCUT2D eigenvalue weighted by atomic mass is 10.1. The minimum atomic E-state index is -0.678. The molecule has 0 spiro atoms. The Morgan fingerprint density at radius 1 is 1.31 bits per heavy atom. The lowest BCUT2D eigenvalue weighted by Crippen LogP contribution is -2.48. The van der Waals surface area contributed by atoms with Crippen LogP contribution >= 0.6 is 0 Å². The number of rotatable bonds is 8. The third kappa shape index (κ3) is 6.40. The Balaban J connectivity index is 3.73. The van der Waals surface area contributed by atoms with Crippen LogP contribution in [0.15, 0.2) is 0 Å². The van der Waals surface area contributed by atoms with E-state index in [1.54, 1.807) is 20.8 Å². The third-order valence-electron chi connectivity index (χ3n) is 2.20. The number of hydrogen-bond donors (Lipinski definition) is 2. The van der Waals surface area contributed by atoms with Gasteiger partial charge in [-0.2, -0.15) is 0 Å². The maximum atomic E-state index is 11.5. The molecule has 3 N–H and O–H groups in total. The normalized spacial score (nSPS) is 11.2. The predicted molar refractivity (Wildman–Crippen MR) is 61.8 cm³/mol. The summed E-state index contributed by atoms with van der Waals surface area (Å²) >= 11 is 0. The molecule has 0 unspecified atom stereocenters. The summed E-state index contributed by atoms with van der Waals surface area (Å²) in [5, 5.41) is 3.09. The van der Waals surface area contributed by atoms with Crippen molar-refractivity contribution in [1.29, 1.82) is 0 Å². The zero-order valence-electron chi connectivity index (χ0n) is 10.3. The number of ether oxygens (including phenoxy) is 1. The number of esters is 1. The first-order valence-corrected chi connectivity index (χ1v) is 5.60. The standard InChI is InChI=1S/C11H22N2O3/c1-4-16-10(15)11(2,3)13-8-6-5-7-9(12)14/h13H,4-8H2,1-3H3,(H2,12,14). The van der Waals surface area contributed by atoms with E-state index < -0.39 is 5.54 Å².